The van der Waals surface area contributed by atoms with Crippen LogP contribution in [-0.2, 0) is 17.9 Å². The number of nitrogens with one attached hydrogen (secondary N) is 1. The molecular formula is C20H20ClN3O4. The molecule has 3 rings (SSSR count). The predicted molar refractivity (Wildman–Crippen MR) is 108 cm³/mol. The normalized spacial score (nSPS) is 10.8. The molecule has 3 aromatic rings. The zero-order chi connectivity index (χ0) is 20.1. The first-order chi connectivity index (χ1) is 13.5. The van der Waals surface area contributed by atoms with Gasteiger partial charge in [0.05, 0.1) is 17.4 Å². The lowest BCUT2D eigenvalue weighted by atomic mass is 10.2. The third-order valence-electron chi connectivity index (χ3n) is 4.24. The minimum atomic E-state index is -0.503. The maximum Gasteiger partial charge on any atom is 0.331 e. The van der Waals surface area contributed by atoms with Crippen molar-refractivity contribution in [3.8, 4) is 5.75 Å². The Labute approximate surface area is 166 Å². The standard InChI is InChI=1S/C20H20ClN3O4/c1-2-23-19(26)16-8-3-4-9-17(16)24(20(23)27)13-18(25)22-10-11-28-15-7-5-6-14(21)12-15/h3-9,12H,2,10-11,13H2,1H3,(H,22,25). The first-order valence-electron chi connectivity index (χ1n) is 8.88. The molecule has 0 saturated heterocycles. The number of carbonyl (C=O) groups excluding carboxylic acids is 1. The Kier molecular flexibility index (Phi) is 6.16. The van der Waals surface area contributed by atoms with Crippen LogP contribution >= 0.6 is 11.6 Å². The molecule has 7 nitrogen and oxygen atoms in total. The Morgan fingerprint density at radius 3 is 2.64 bits per heavy atom. The van der Waals surface area contributed by atoms with Gasteiger partial charge in [-0.25, -0.2) is 4.79 Å². The summed E-state index contributed by atoms with van der Waals surface area (Å²) in [4.78, 5) is 37.4. The summed E-state index contributed by atoms with van der Waals surface area (Å²) in [7, 11) is 0. The van der Waals surface area contributed by atoms with E-state index in [2.05, 4.69) is 5.32 Å². The van der Waals surface area contributed by atoms with Crippen molar-refractivity contribution in [2.75, 3.05) is 13.2 Å². The fourth-order valence-corrected chi connectivity index (χ4v) is 3.10. The molecule has 1 amide bonds. The molecule has 0 unspecified atom stereocenters. The maximum atomic E-state index is 12.6. The summed E-state index contributed by atoms with van der Waals surface area (Å²) in [5.74, 6) is 0.266. The molecule has 1 aromatic heterocycles. The fourth-order valence-electron chi connectivity index (χ4n) is 2.92. The van der Waals surface area contributed by atoms with E-state index in [4.69, 9.17) is 16.3 Å². The molecule has 0 spiro atoms. The topological polar surface area (TPSA) is 82.3 Å². The van der Waals surface area contributed by atoms with Crippen LogP contribution in [0.5, 0.6) is 5.75 Å². The number of ether oxygens (including phenoxy) is 1. The first kappa shape index (κ1) is 19.7. The number of amides is 1. The van der Waals surface area contributed by atoms with Gasteiger partial charge in [-0.1, -0.05) is 29.8 Å². The molecule has 8 heteroatoms. The highest BCUT2D eigenvalue weighted by Crippen LogP contribution is 2.16. The second-order valence-corrected chi connectivity index (χ2v) is 6.53. The molecule has 0 aliphatic carbocycles. The number of nitrogens with zero attached hydrogens (tertiary/aromatic N) is 2. The van der Waals surface area contributed by atoms with E-state index in [-0.39, 0.29) is 37.7 Å². The molecular weight excluding hydrogens is 382 g/mol. The molecule has 28 heavy (non-hydrogen) atoms. The van der Waals surface area contributed by atoms with E-state index in [9.17, 15) is 14.4 Å². The lowest BCUT2D eigenvalue weighted by Gasteiger charge is -2.13. The van der Waals surface area contributed by atoms with Crippen LogP contribution in [0.4, 0.5) is 0 Å². The van der Waals surface area contributed by atoms with Gasteiger partial charge in [-0.15, -0.1) is 0 Å². The molecule has 0 bridgehead atoms. The predicted octanol–water partition coefficient (Wildman–Crippen LogP) is 2.03. The Hall–Kier alpha value is -3.06. The Morgan fingerprint density at radius 2 is 1.89 bits per heavy atom. The summed E-state index contributed by atoms with van der Waals surface area (Å²) in [6.07, 6.45) is 0. The van der Waals surface area contributed by atoms with Crippen LogP contribution in [0.1, 0.15) is 6.92 Å². The van der Waals surface area contributed by atoms with Crippen LogP contribution in [-0.4, -0.2) is 28.2 Å². The summed E-state index contributed by atoms with van der Waals surface area (Å²) in [6, 6.07) is 13.7. The second kappa shape index (κ2) is 8.75. The molecule has 1 N–H and O–H groups in total. The monoisotopic (exact) mass is 401 g/mol. The number of hydrogen-bond acceptors (Lipinski definition) is 4. The van der Waals surface area contributed by atoms with Crippen molar-refractivity contribution >= 4 is 28.4 Å². The van der Waals surface area contributed by atoms with Crippen LogP contribution < -0.4 is 21.3 Å². The molecule has 0 fully saturated rings. The van der Waals surface area contributed by atoms with Gasteiger partial charge in [0, 0.05) is 11.6 Å². The highest BCUT2D eigenvalue weighted by atomic mass is 35.5. The lowest BCUT2D eigenvalue weighted by Crippen LogP contribution is -2.42. The Bertz CT molecular complexity index is 1120. The molecule has 0 radical (unpaired) electrons. The fraction of sp³-hybridized carbons (Fsp3) is 0.250. The minimum Gasteiger partial charge on any atom is -0.492 e. The Balaban J connectivity index is 1.69. The average molecular weight is 402 g/mol. The van der Waals surface area contributed by atoms with Gasteiger partial charge in [-0.2, -0.15) is 0 Å². The molecule has 0 aliphatic heterocycles. The van der Waals surface area contributed by atoms with Gasteiger partial charge >= 0.3 is 5.69 Å². The van der Waals surface area contributed by atoms with Crippen LogP contribution in [0.2, 0.25) is 5.02 Å². The number of hydrogen-bond donors (Lipinski definition) is 1. The quantitative estimate of drug-likeness (QED) is 0.614. The van der Waals surface area contributed by atoms with Crippen molar-refractivity contribution in [1.29, 1.82) is 0 Å². The van der Waals surface area contributed by atoms with Crippen molar-refractivity contribution in [2.24, 2.45) is 0 Å². The summed E-state index contributed by atoms with van der Waals surface area (Å²) in [5, 5.41) is 3.69. The molecule has 0 atom stereocenters. The molecule has 0 saturated carbocycles. The van der Waals surface area contributed by atoms with E-state index < -0.39 is 5.69 Å². The van der Waals surface area contributed by atoms with Crippen LogP contribution in [0, 0.1) is 0 Å². The number of rotatable bonds is 7. The number of aromatic nitrogens is 2. The third-order valence-corrected chi connectivity index (χ3v) is 4.47. The lowest BCUT2D eigenvalue weighted by molar-refractivity contribution is -0.121. The molecule has 0 aliphatic rings. The van der Waals surface area contributed by atoms with Gasteiger partial charge in [0.15, 0.2) is 0 Å². The van der Waals surface area contributed by atoms with Gasteiger partial charge in [-0.3, -0.25) is 18.7 Å². The number of halogens is 1. The van der Waals surface area contributed by atoms with Gasteiger partial charge < -0.3 is 10.1 Å². The zero-order valence-corrected chi connectivity index (χ0v) is 16.1. The van der Waals surface area contributed by atoms with Crippen LogP contribution in [0.25, 0.3) is 10.9 Å². The van der Waals surface area contributed by atoms with Crippen molar-refractivity contribution in [1.82, 2.24) is 14.5 Å². The van der Waals surface area contributed by atoms with E-state index >= 15 is 0 Å². The molecule has 1 heterocycles. The average Bonchev–Trinajstić information content (AvgIpc) is 2.69. The number of benzene rings is 2. The maximum absolute atomic E-state index is 12.6. The van der Waals surface area contributed by atoms with E-state index in [1.165, 1.54) is 4.57 Å². The van der Waals surface area contributed by atoms with Gasteiger partial charge in [-0.05, 0) is 37.3 Å². The highest BCUT2D eigenvalue weighted by Gasteiger charge is 2.14. The van der Waals surface area contributed by atoms with Crippen molar-refractivity contribution < 1.29 is 9.53 Å². The van der Waals surface area contributed by atoms with Crippen molar-refractivity contribution in [3.63, 3.8) is 0 Å². The summed E-state index contributed by atoms with van der Waals surface area (Å²) >= 11 is 5.89. The number of fused-ring (bicyclic) bond motifs is 1. The van der Waals surface area contributed by atoms with E-state index in [1.54, 1.807) is 55.5 Å². The smallest absolute Gasteiger partial charge is 0.331 e. The summed E-state index contributed by atoms with van der Waals surface area (Å²) in [5.41, 5.74) is -0.418. The minimum absolute atomic E-state index is 0.184. The summed E-state index contributed by atoms with van der Waals surface area (Å²) in [6.45, 7) is 2.30. The third kappa shape index (κ3) is 4.26. The van der Waals surface area contributed by atoms with E-state index in [0.29, 0.717) is 21.7 Å². The van der Waals surface area contributed by atoms with Gasteiger partial charge in [0.1, 0.15) is 18.9 Å². The van der Waals surface area contributed by atoms with E-state index in [1.807, 2.05) is 0 Å². The zero-order valence-electron chi connectivity index (χ0n) is 15.4. The molecule has 2 aromatic carbocycles. The van der Waals surface area contributed by atoms with Gasteiger partial charge in [0.2, 0.25) is 5.91 Å². The van der Waals surface area contributed by atoms with Crippen molar-refractivity contribution in [2.45, 2.75) is 20.0 Å². The SMILES string of the molecule is CCn1c(=O)c2ccccc2n(CC(=O)NCCOc2cccc(Cl)c2)c1=O. The van der Waals surface area contributed by atoms with Gasteiger partial charge in [0.25, 0.3) is 5.56 Å². The largest absolute Gasteiger partial charge is 0.492 e. The number of carbonyl (C=O) groups is 1. The van der Waals surface area contributed by atoms with Crippen molar-refractivity contribution in [3.05, 3.63) is 74.4 Å². The molecule has 146 valence electrons. The Morgan fingerprint density at radius 1 is 1.11 bits per heavy atom. The number of para-hydroxylation sites is 1. The highest BCUT2D eigenvalue weighted by molar-refractivity contribution is 6.30. The second-order valence-electron chi connectivity index (χ2n) is 6.09. The first-order valence-corrected chi connectivity index (χ1v) is 9.26. The summed E-state index contributed by atoms with van der Waals surface area (Å²) < 4.78 is 7.96. The van der Waals surface area contributed by atoms with Crippen LogP contribution in [0.15, 0.2) is 58.1 Å². The van der Waals surface area contributed by atoms with E-state index in [0.717, 1.165) is 4.57 Å². The van der Waals surface area contributed by atoms with Crippen LogP contribution in [0.3, 0.4) is 0 Å².